The van der Waals surface area contributed by atoms with Gasteiger partial charge in [0, 0.05) is 18.0 Å². The van der Waals surface area contributed by atoms with Crippen molar-refractivity contribution in [3.05, 3.63) is 78.4 Å². The van der Waals surface area contributed by atoms with E-state index in [9.17, 15) is 4.79 Å². The highest BCUT2D eigenvalue weighted by molar-refractivity contribution is 5.94. The predicted molar refractivity (Wildman–Crippen MR) is 90.8 cm³/mol. The Kier molecular flexibility index (Phi) is 3.55. The van der Waals surface area contributed by atoms with E-state index in [2.05, 4.69) is 20.4 Å². The van der Waals surface area contributed by atoms with Gasteiger partial charge < -0.3 is 10.3 Å². The number of nitrogens with one attached hydrogen (secondary N) is 2. The number of nitrogens with zero attached hydrogens (tertiary/aromatic N) is 3. The van der Waals surface area contributed by atoms with E-state index in [4.69, 9.17) is 0 Å². The second kappa shape index (κ2) is 6.00. The third kappa shape index (κ3) is 2.77. The Balaban J connectivity index is 1.44. The molecule has 0 aliphatic heterocycles. The lowest BCUT2D eigenvalue weighted by molar-refractivity contribution is 0.0950. The van der Waals surface area contributed by atoms with Crippen molar-refractivity contribution in [3.63, 3.8) is 0 Å². The molecule has 4 rings (SSSR count). The molecule has 4 aromatic rings. The molecule has 118 valence electrons. The number of rotatable bonds is 4. The van der Waals surface area contributed by atoms with Crippen molar-refractivity contribution in [2.24, 2.45) is 0 Å². The Hall–Kier alpha value is -3.41. The molecule has 0 spiro atoms. The lowest BCUT2D eigenvalue weighted by Crippen LogP contribution is -2.23. The molecule has 0 fully saturated rings. The summed E-state index contributed by atoms with van der Waals surface area (Å²) in [7, 11) is 0. The first kappa shape index (κ1) is 14.2. The second-order valence-electron chi connectivity index (χ2n) is 5.38. The molecule has 0 radical (unpaired) electrons. The number of hydrogen-bond donors (Lipinski definition) is 2. The maximum absolute atomic E-state index is 12.3. The summed E-state index contributed by atoms with van der Waals surface area (Å²) in [6.07, 6.45) is 3.57. The zero-order valence-electron chi connectivity index (χ0n) is 12.8. The third-order valence-electron chi connectivity index (χ3n) is 3.75. The highest BCUT2D eigenvalue weighted by Crippen LogP contribution is 2.11. The van der Waals surface area contributed by atoms with Gasteiger partial charge in [0.2, 0.25) is 0 Å². The Bertz CT molecular complexity index is 937. The van der Waals surface area contributed by atoms with Crippen LogP contribution in [0, 0.1) is 0 Å². The summed E-state index contributed by atoms with van der Waals surface area (Å²) in [6, 6.07) is 16.9. The summed E-state index contributed by atoms with van der Waals surface area (Å²) in [5, 5.41) is 7.04. The molecule has 0 saturated heterocycles. The zero-order valence-corrected chi connectivity index (χ0v) is 12.8. The minimum absolute atomic E-state index is 0.137. The normalized spacial score (nSPS) is 10.8. The van der Waals surface area contributed by atoms with Gasteiger partial charge in [-0.3, -0.25) is 4.79 Å². The summed E-state index contributed by atoms with van der Waals surface area (Å²) >= 11 is 0. The standard InChI is InChI=1S/C18H15N5O/c24-18(13-6-8-14(9-7-13)23-11-3-10-20-23)19-12-17-21-15-4-1-2-5-16(15)22-17/h1-11H,12H2,(H,19,24)(H,21,22). The minimum atomic E-state index is -0.137. The number of hydrogen-bond acceptors (Lipinski definition) is 3. The smallest absolute Gasteiger partial charge is 0.251 e. The number of H-pyrrole nitrogens is 1. The predicted octanol–water partition coefficient (Wildman–Crippen LogP) is 2.68. The average molecular weight is 317 g/mol. The van der Waals surface area contributed by atoms with E-state index in [1.165, 1.54) is 0 Å². The number of fused-ring (bicyclic) bond motifs is 1. The molecule has 0 atom stereocenters. The molecule has 2 N–H and O–H groups in total. The zero-order chi connectivity index (χ0) is 16.4. The van der Waals surface area contributed by atoms with Crippen LogP contribution in [-0.4, -0.2) is 25.7 Å². The van der Waals surface area contributed by atoms with Crippen molar-refractivity contribution in [3.8, 4) is 5.69 Å². The van der Waals surface area contributed by atoms with E-state index in [0.717, 1.165) is 22.5 Å². The first-order valence-corrected chi connectivity index (χ1v) is 7.61. The van der Waals surface area contributed by atoms with Crippen LogP contribution < -0.4 is 5.32 Å². The number of benzene rings is 2. The molecular formula is C18H15N5O. The summed E-state index contributed by atoms with van der Waals surface area (Å²) in [6.45, 7) is 0.356. The molecule has 0 unspecified atom stereocenters. The second-order valence-corrected chi connectivity index (χ2v) is 5.38. The van der Waals surface area contributed by atoms with E-state index in [1.807, 2.05) is 48.7 Å². The third-order valence-corrected chi connectivity index (χ3v) is 3.75. The molecule has 0 aliphatic carbocycles. The number of para-hydroxylation sites is 2. The van der Waals surface area contributed by atoms with Crippen LogP contribution in [0.5, 0.6) is 0 Å². The molecule has 0 aliphatic rings. The summed E-state index contributed by atoms with van der Waals surface area (Å²) in [5.41, 5.74) is 3.37. The quantitative estimate of drug-likeness (QED) is 0.607. The van der Waals surface area contributed by atoms with Crippen LogP contribution in [0.4, 0.5) is 0 Å². The van der Waals surface area contributed by atoms with Crippen molar-refractivity contribution >= 4 is 16.9 Å². The summed E-state index contributed by atoms with van der Waals surface area (Å²) < 4.78 is 1.75. The summed E-state index contributed by atoms with van der Waals surface area (Å²) in [4.78, 5) is 19.9. The number of aromatic amines is 1. The molecule has 24 heavy (non-hydrogen) atoms. The maximum atomic E-state index is 12.3. The number of carbonyl (C=O) groups is 1. The Morgan fingerprint density at radius 2 is 1.92 bits per heavy atom. The van der Waals surface area contributed by atoms with Crippen molar-refractivity contribution < 1.29 is 4.79 Å². The van der Waals surface area contributed by atoms with Gasteiger partial charge in [0.05, 0.1) is 23.3 Å². The van der Waals surface area contributed by atoms with Crippen molar-refractivity contribution in [1.29, 1.82) is 0 Å². The monoisotopic (exact) mass is 317 g/mol. The van der Waals surface area contributed by atoms with Gasteiger partial charge in [-0.25, -0.2) is 9.67 Å². The Morgan fingerprint density at radius 3 is 2.67 bits per heavy atom. The van der Waals surface area contributed by atoms with Crippen LogP contribution in [0.2, 0.25) is 0 Å². The van der Waals surface area contributed by atoms with Gasteiger partial charge in [0.1, 0.15) is 5.82 Å². The molecule has 6 heteroatoms. The van der Waals surface area contributed by atoms with Crippen LogP contribution in [-0.2, 0) is 6.54 Å². The van der Waals surface area contributed by atoms with E-state index in [-0.39, 0.29) is 5.91 Å². The summed E-state index contributed by atoms with van der Waals surface area (Å²) in [5.74, 6) is 0.597. The number of amides is 1. The fourth-order valence-electron chi connectivity index (χ4n) is 2.54. The van der Waals surface area contributed by atoms with Crippen molar-refractivity contribution in [2.45, 2.75) is 6.54 Å². The van der Waals surface area contributed by atoms with E-state index in [0.29, 0.717) is 12.1 Å². The lowest BCUT2D eigenvalue weighted by Gasteiger charge is -2.05. The fourth-order valence-corrected chi connectivity index (χ4v) is 2.54. The van der Waals surface area contributed by atoms with Gasteiger partial charge in [0.25, 0.3) is 5.91 Å². The van der Waals surface area contributed by atoms with Crippen LogP contribution in [0.3, 0.4) is 0 Å². The van der Waals surface area contributed by atoms with Crippen molar-refractivity contribution in [1.82, 2.24) is 25.1 Å². The van der Waals surface area contributed by atoms with Crippen molar-refractivity contribution in [2.75, 3.05) is 0 Å². The average Bonchev–Trinajstić information content (AvgIpc) is 3.29. The number of imidazole rings is 1. The SMILES string of the molecule is O=C(NCc1nc2ccccc2[nH]1)c1ccc(-n2cccn2)cc1. The molecular weight excluding hydrogens is 302 g/mol. The van der Waals surface area contributed by atoms with Crippen LogP contribution in [0.15, 0.2) is 67.0 Å². The Morgan fingerprint density at radius 1 is 1.08 bits per heavy atom. The van der Waals surface area contributed by atoms with Gasteiger partial charge in [-0.05, 0) is 42.5 Å². The maximum Gasteiger partial charge on any atom is 0.251 e. The molecule has 2 heterocycles. The number of carbonyl (C=O) groups excluding carboxylic acids is 1. The highest BCUT2D eigenvalue weighted by atomic mass is 16.1. The fraction of sp³-hybridized carbons (Fsp3) is 0.0556. The first-order valence-electron chi connectivity index (χ1n) is 7.61. The highest BCUT2D eigenvalue weighted by Gasteiger charge is 2.08. The van der Waals surface area contributed by atoms with Gasteiger partial charge >= 0.3 is 0 Å². The first-order chi connectivity index (χ1) is 11.8. The topological polar surface area (TPSA) is 75.6 Å². The van der Waals surface area contributed by atoms with E-state index < -0.39 is 0 Å². The Labute approximate surface area is 138 Å². The van der Waals surface area contributed by atoms with Gasteiger partial charge in [-0.15, -0.1) is 0 Å². The molecule has 0 saturated carbocycles. The largest absolute Gasteiger partial charge is 0.345 e. The van der Waals surface area contributed by atoms with Gasteiger partial charge in [0.15, 0.2) is 0 Å². The molecule has 2 aromatic heterocycles. The molecule has 6 nitrogen and oxygen atoms in total. The van der Waals surface area contributed by atoms with E-state index in [1.54, 1.807) is 23.0 Å². The molecule has 0 bridgehead atoms. The molecule has 1 amide bonds. The molecule has 2 aromatic carbocycles. The van der Waals surface area contributed by atoms with Crippen LogP contribution in [0.1, 0.15) is 16.2 Å². The minimum Gasteiger partial charge on any atom is -0.345 e. The number of aromatic nitrogens is 4. The van der Waals surface area contributed by atoms with Gasteiger partial charge in [-0.2, -0.15) is 5.10 Å². The van der Waals surface area contributed by atoms with Gasteiger partial charge in [-0.1, -0.05) is 12.1 Å². The van der Waals surface area contributed by atoms with Crippen LogP contribution >= 0.6 is 0 Å². The van der Waals surface area contributed by atoms with E-state index >= 15 is 0 Å². The lowest BCUT2D eigenvalue weighted by atomic mass is 10.2. The van der Waals surface area contributed by atoms with Crippen LogP contribution in [0.25, 0.3) is 16.7 Å².